The third kappa shape index (κ3) is 1.67. The maximum absolute atomic E-state index is 12.5. The van der Waals surface area contributed by atoms with Crippen LogP contribution in [0.2, 0.25) is 0 Å². The minimum absolute atomic E-state index is 0.519. The van der Waals surface area contributed by atoms with Gasteiger partial charge in [-0.2, -0.15) is 8.78 Å². The van der Waals surface area contributed by atoms with Crippen LogP contribution < -0.4 is 5.11 Å². The molecule has 0 fully saturated rings. The molecular weight excluding hydrogens is 186 g/mol. The number of hydrogen-bond donors (Lipinski definition) is 1. The number of furan rings is 1. The molecule has 0 aliphatic heterocycles. The lowest BCUT2D eigenvalue weighted by Gasteiger charge is -2.21. The number of carboxylic acid groups (broad SMARTS) is 1. The summed E-state index contributed by atoms with van der Waals surface area (Å²) in [7, 11) is 0. The number of hydrogen-bond acceptors (Lipinski definition) is 4. The van der Waals surface area contributed by atoms with Crippen molar-refractivity contribution < 1.29 is 28.2 Å². The van der Waals surface area contributed by atoms with Gasteiger partial charge in [-0.25, -0.2) is 0 Å². The summed E-state index contributed by atoms with van der Waals surface area (Å²) in [4.78, 5) is 9.89. The molecule has 1 unspecified atom stereocenters. The van der Waals surface area contributed by atoms with Crippen LogP contribution in [0.5, 0.6) is 0 Å². The minimum atomic E-state index is -4.35. The van der Waals surface area contributed by atoms with E-state index < -0.39 is 23.8 Å². The second-order valence-corrected chi connectivity index (χ2v) is 2.33. The van der Waals surface area contributed by atoms with Crippen LogP contribution >= 0.6 is 0 Å². The van der Waals surface area contributed by atoms with Crippen molar-refractivity contribution in [2.45, 2.75) is 12.0 Å². The van der Waals surface area contributed by atoms with Crippen molar-refractivity contribution in [1.29, 1.82) is 0 Å². The van der Waals surface area contributed by atoms with Crippen molar-refractivity contribution in [2.24, 2.45) is 0 Å². The lowest BCUT2D eigenvalue weighted by atomic mass is 10.1. The van der Waals surface area contributed by atoms with Crippen LogP contribution in [0, 0.1) is 0 Å². The van der Waals surface area contributed by atoms with Crippen LogP contribution in [0.3, 0.4) is 0 Å². The summed E-state index contributed by atoms with van der Waals surface area (Å²) in [5.74, 6) is -7.51. The number of aliphatic carboxylic acids is 1. The van der Waals surface area contributed by atoms with Gasteiger partial charge in [-0.15, -0.1) is 0 Å². The van der Waals surface area contributed by atoms with Gasteiger partial charge in [0.25, 0.3) is 0 Å². The molecule has 1 N–H and O–H groups in total. The lowest BCUT2D eigenvalue weighted by Crippen LogP contribution is -2.45. The fourth-order valence-electron chi connectivity index (χ4n) is 0.737. The molecule has 1 aromatic rings. The van der Waals surface area contributed by atoms with Gasteiger partial charge in [0.2, 0.25) is 0 Å². The molecule has 0 aliphatic rings. The number of alkyl halides is 2. The van der Waals surface area contributed by atoms with Crippen LogP contribution in [-0.4, -0.2) is 17.0 Å². The van der Waals surface area contributed by atoms with E-state index in [2.05, 4.69) is 4.42 Å². The van der Waals surface area contributed by atoms with E-state index in [9.17, 15) is 18.7 Å². The SMILES string of the molecule is O=C([O-])C(F)(F)C(O)c1ccco1. The summed E-state index contributed by atoms with van der Waals surface area (Å²) < 4.78 is 29.5. The maximum Gasteiger partial charge on any atom is 0.319 e. The van der Waals surface area contributed by atoms with Gasteiger partial charge in [0.15, 0.2) is 6.10 Å². The van der Waals surface area contributed by atoms with E-state index in [4.69, 9.17) is 5.11 Å². The van der Waals surface area contributed by atoms with Gasteiger partial charge in [-0.05, 0) is 12.1 Å². The van der Waals surface area contributed by atoms with E-state index in [0.29, 0.717) is 0 Å². The molecule has 0 aromatic carbocycles. The first-order valence-corrected chi connectivity index (χ1v) is 3.27. The van der Waals surface area contributed by atoms with E-state index in [1.54, 1.807) is 0 Å². The van der Waals surface area contributed by atoms with Crippen molar-refractivity contribution in [1.82, 2.24) is 0 Å². The Morgan fingerprint density at radius 2 is 2.31 bits per heavy atom. The molecule has 0 radical (unpaired) electrons. The quantitative estimate of drug-likeness (QED) is 0.711. The Labute approximate surface area is 71.4 Å². The van der Waals surface area contributed by atoms with Gasteiger partial charge < -0.3 is 19.4 Å². The van der Waals surface area contributed by atoms with Gasteiger partial charge >= 0.3 is 5.92 Å². The predicted octanol–water partition coefficient (Wildman–Crippen LogP) is -0.302. The van der Waals surface area contributed by atoms with E-state index in [0.717, 1.165) is 12.3 Å². The van der Waals surface area contributed by atoms with Crippen molar-refractivity contribution in [3.05, 3.63) is 24.2 Å². The van der Waals surface area contributed by atoms with Gasteiger partial charge in [-0.1, -0.05) is 0 Å². The summed E-state index contributed by atoms with van der Waals surface area (Å²) in [6, 6.07) is 2.30. The molecule has 13 heavy (non-hydrogen) atoms. The summed E-state index contributed by atoms with van der Waals surface area (Å²) in [5, 5.41) is 18.7. The Bertz CT molecular complexity index is 293. The average molecular weight is 191 g/mol. The molecule has 4 nitrogen and oxygen atoms in total. The normalized spacial score (nSPS) is 14.1. The van der Waals surface area contributed by atoms with E-state index in [1.807, 2.05) is 0 Å². The third-order valence-electron chi connectivity index (χ3n) is 1.43. The fourth-order valence-corrected chi connectivity index (χ4v) is 0.737. The Balaban J connectivity index is 2.90. The molecule has 72 valence electrons. The van der Waals surface area contributed by atoms with E-state index in [-0.39, 0.29) is 0 Å². The Hall–Kier alpha value is -1.43. The number of aliphatic hydroxyl groups is 1. The van der Waals surface area contributed by atoms with Crippen molar-refractivity contribution in [3.63, 3.8) is 0 Å². The first-order chi connectivity index (χ1) is 5.96. The first kappa shape index (κ1) is 9.66. The largest absolute Gasteiger partial charge is 0.544 e. The molecule has 1 aromatic heterocycles. The summed E-state index contributed by atoms with van der Waals surface area (Å²) in [5.41, 5.74) is 0. The summed E-state index contributed by atoms with van der Waals surface area (Å²) in [6.07, 6.45) is -1.48. The summed E-state index contributed by atoms with van der Waals surface area (Å²) >= 11 is 0. The van der Waals surface area contributed by atoms with Crippen LogP contribution in [0.15, 0.2) is 22.8 Å². The molecule has 6 heteroatoms. The average Bonchev–Trinajstić information content (AvgIpc) is 2.54. The second-order valence-electron chi connectivity index (χ2n) is 2.33. The van der Waals surface area contributed by atoms with Crippen molar-refractivity contribution in [3.8, 4) is 0 Å². The van der Waals surface area contributed by atoms with Gasteiger partial charge in [0, 0.05) is 0 Å². The molecule has 0 spiro atoms. The zero-order valence-corrected chi connectivity index (χ0v) is 6.24. The standard InChI is InChI=1S/C7H6F2O4/c8-7(9,6(11)12)5(10)4-2-1-3-13-4/h1-3,5,10H,(H,11,12)/p-1. The number of carboxylic acids is 1. The van der Waals surface area contributed by atoms with Gasteiger partial charge in [0.05, 0.1) is 6.26 Å². The number of carbonyl (C=O) groups excluding carboxylic acids is 1. The zero-order valence-electron chi connectivity index (χ0n) is 6.24. The number of halogens is 2. The third-order valence-corrected chi connectivity index (χ3v) is 1.43. The Morgan fingerprint density at radius 1 is 1.69 bits per heavy atom. The molecule has 0 saturated carbocycles. The van der Waals surface area contributed by atoms with E-state index in [1.165, 1.54) is 6.07 Å². The number of rotatable bonds is 3. The molecule has 0 saturated heterocycles. The Morgan fingerprint density at radius 3 is 2.69 bits per heavy atom. The highest BCUT2D eigenvalue weighted by Crippen LogP contribution is 2.30. The highest BCUT2D eigenvalue weighted by molar-refractivity contribution is 5.74. The van der Waals surface area contributed by atoms with Crippen LogP contribution in [-0.2, 0) is 4.79 Å². The zero-order chi connectivity index (χ0) is 10.1. The van der Waals surface area contributed by atoms with Crippen LogP contribution in [0.4, 0.5) is 8.78 Å². The Kier molecular flexibility index (Phi) is 2.33. The van der Waals surface area contributed by atoms with E-state index >= 15 is 0 Å². The highest BCUT2D eigenvalue weighted by Gasteiger charge is 2.42. The monoisotopic (exact) mass is 191 g/mol. The molecule has 1 heterocycles. The molecule has 0 bridgehead atoms. The molecule has 0 aliphatic carbocycles. The lowest BCUT2D eigenvalue weighted by molar-refractivity contribution is -0.337. The highest BCUT2D eigenvalue weighted by atomic mass is 19.3. The number of carbonyl (C=O) groups is 1. The predicted molar refractivity (Wildman–Crippen MR) is 33.6 cm³/mol. The fraction of sp³-hybridized carbons (Fsp3) is 0.286. The smallest absolute Gasteiger partial charge is 0.319 e. The molecule has 0 amide bonds. The number of aliphatic hydroxyl groups excluding tert-OH is 1. The van der Waals surface area contributed by atoms with Crippen molar-refractivity contribution in [2.75, 3.05) is 0 Å². The topological polar surface area (TPSA) is 73.5 Å². The summed E-state index contributed by atoms with van der Waals surface area (Å²) in [6.45, 7) is 0. The molecular formula is C7H5F2O4-. The molecule has 1 atom stereocenters. The second kappa shape index (κ2) is 3.14. The first-order valence-electron chi connectivity index (χ1n) is 3.27. The van der Waals surface area contributed by atoms with Crippen LogP contribution in [0.1, 0.15) is 11.9 Å². The van der Waals surface area contributed by atoms with Crippen LogP contribution in [0.25, 0.3) is 0 Å². The maximum atomic E-state index is 12.5. The minimum Gasteiger partial charge on any atom is -0.544 e. The van der Waals surface area contributed by atoms with Gasteiger partial charge in [-0.3, -0.25) is 0 Å². The van der Waals surface area contributed by atoms with Crippen molar-refractivity contribution >= 4 is 5.97 Å². The molecule has 1 rings (SSSR count). The van der Waals surface area contributed by atoms with Gasteiger partial charge in [0.1, 0.15) is 11.7 Å².